The first kappa shape index (κ1) is 18.6. The molecule has 4 rings (SSSR count). The molecule has 1 spiro atoms. The fraction of sp³-hybridized carbons (Fsp3) is 0.636. The first-order valence-corrected chi connectivity index (χ1v) is 10.3. The van der Waals surface area contributed by atoms with E-state index >= 15 is 0 Å². The lowest BCUT2D eigenvalue weighted by atomic mass is 9.72. The van der Waals surface area contributed by atoms with Crippen molar-refractivity contribution in [3.05, 3.63) is 46.8 Å². The lowest BCUT2D eigenvalue weighted by Gasteiger charge is -2.46. The lowest BCUT2D eigenvalue weighted by Crippen LogP contribution is -2.51. The van der Waals surface area contributed by atoms with Crippen LogP contribution in [-0.2, 0) is 18.5 Å². The van der Waals surface area contributed by atoms with Crippen LogP contribution >= 0.6 is 0 Å². The van der Waals surface area contributed by atoms with Crippen LogP contribution in [-0.4, -0.2) is 51.0 Å². The highest BCUT2D eigenvalue weighted by Gasteiger charge is 2.44. The molecule has 0 amide bonds. The zero-order chi connectivity index (χ0) is 19.2. The molecule has 2 aromatic heterocycles. The van der Waals surface area contributed by atoms with Crippen LogP contribution in [0.5, 0.6) is 0 Å². The molecule has 0 saturated carbocycles. The number of imidazole rings is 1. The van der Waals surface area contributed by atoms with Crippen molar-refractivity contribution in [1.82, 2.24) is 24.3 Å². The largest absolute Gasteiger partial charge is 0.328 e. The average Bonchev–Trinajstić information content (AvgIpc) is 2.95. The maximum atomic E-state index is 5.13. The first-order valence-electron chi connectivity index (χ1n) is 10.3. The van der Waals surface area contributed by atoms with Crippen LogP contribution < -0.4 is 0 Å². The quantitative estimate of drug-likeness (QED) is 0.833. The number of pyridine rings is 1. The summed E-state index contributed by atoms with van der Waals surface area (Å²) < 4.78 is 2.46. The first-order chi connectivity index (χ1) is 12.9. The molecule has 2 aliphatic heterocycles. The standard InChI is InChI=1S/C22H33N5/c1-16(2)27-18(4)24-21-20(27)14-26(13-19-8-6-7-17(3)23-19)15-22(21)9-11-25(5)12-10-22/h6-8,16H,9-15H2,1-5H3. The summed E-state index contributed by atoms with van der Waals surface area (Å²) in [6, 6.07) is 6.81. The van der Waals surface area contributed by atoms with E-state index < -0.39 is 0 Å². The Balaban J connectivity index is 1.71. The minimum Gasteiger partial charge on any atom is -0.328 e. The minimum atomic E-state index is 0.189. The van der Waals surface area contributed by atoms with E-state index in [0.29, 0.717) is 6.04 Å². The molecule has 0 bridgehead atoms. The monoisotopic (exact) mass is 367 g/mol. The average molecular weight is 368 g/mol. The third-order valence-electron chi connectivity index (χ3n) is 6.38. The summed E-state index contributed by atoms with van der Waals surface area (Å²) in [6.07, 6.45) is 2.39. The zero-order valence-corrected chi connectivity index (χ0v) is 17.5. The third kappa shape index (κ3) is 3.43. The predicted molar refractivity (Wildman–Crippen MR) is 109 cm³/mol. The Hall–Kier alpha value is -1.72. The Morgan fingerprint density at radius 2 is 1.85 bits per heavy atom. The second-order valence-corrected chi connectivity index (χ2v) is 8.92. The molecule has 4 heterocycles. The van der Waals surface area contributed by atoms with Gasteiger partial charge in [0.2, 0.25) is 0 Å². The number of piperidine rings is 1. The van der Waals surface area contributed by atoms with Gasteiger partial charge < -0.3 is 9.47 Å². The molecule has 2 aromatic rings. The SMILES string of the molecule is Cc1cccc(CN2Cc3c(nc(C)n3C(C)C)C3(CCN(C)CC3)C2)n1. The van der Waals surface area contributed by atoms with Gasteiger partial charge in [-0.2, -0.15) is 0 Å². The van der Waals surface area contributed by atoms with Crippen LogP contribution in [0.2, 0.25) is 0 Å². The number of likely N-dealkylation sites (tertiary alicyclic amines) is 1. The molecule has 0 aliphatic carbocycles. The highest BCUT2D eigenvalue weighted by molar-refractivity contribution is 5.31. The van der Waals surface area contributed by atoms with Crippen LogP contribution in [0.3, 0.4) is 0 Å². The summed E-state index contributed by atoms with van der Waals surface area (Å²) in [5, 5.41) is 0. The van der Waals surface area contributed by atoms with Crippen LogP contribution in [0.25, 0.3) is 0 Å². The van der Waals surface area contributed by atoms with Crippen LogP contribution in [0, 0.1) is 13.8 Å². The van der Waals surface area contributed by atoms with E-state index in [1.165, 1.54) is 35.7 Å². The highest BCUT2D eigenvalue weighted by Crippen LogP contribution is 2.42. The summed E-state index contributed by atoms with van der Waals surface area (Å²) in [6.45, 7) is 14.1. The molecule has 146 valence electrons. The molecule has 0 atom stereocenters. The molecule has 0 radical (unpaired) electrons. The lowest BCUT2D eigenvalue weighted by molar-refractivity contribution is 0.0988. The van der Waals surface area contributed by atoms with Crippen LogP contribution in [0.4, 0.5) is 0 Å². The van der Waals surface area contributed by atoms with Gasteiger partial charge in [-0.05, 0) is 72.8 Å². The van der Waals surface area contributed by atoms with Gasteiger partial charge in [-0.15, -0.1) is 0 Å². The zero-order valence-electron chi connectivity index (χ0n) is 17.5. The topological polar surface area (TPSA) is 37.2 Å². The number of fused-ring (bicyclic) bond motifs is 2. The summed E-state index contributed by atoms with van der Waals surface area (Å²) in [5.74, 6) is 1.17. The van der Waals surface area contributed by atoms with E-state index in [2.05, 4.69) is 67.3 Å². The molecule has 27 heavy (non-hydrogen) atoms. The fourth-order valence-corrected chi connectivity index (χ4v) is 5.09. The summed E-state index contributed by atoms with van der Waals surface area (Å²) in [7, 11) is 2.24. The van der Waals surface area contributed by atoms with Crippen molar-refractivity contribution in [2.45, 2.75) is 65.1 Å². The maximum Gasteiger partial charge on any atom is 0.106 e. The van der Waals surface area contributed by atoms with Gasteiger partial charge in [-0.25, -0.2) is 4.98 Å². The van der Waals surface area contributed by atoms with E-state index in [9.17, 15) is 0 Å². The smallest absolute Gasteiger partial charge is 0.106 e. The predicted octanol–water partition coefficient (Wildman–Crippen LogP) is 3.46. The van der Waals surface area contributed by atoms with Crippen molar-refractivity contribution in [3.8, 4) is 0 Å². The van der Waals surface area contributed by atoms with E-state index in [-0.39, 0.29) is 5.41 Å². The Bertz CT molecular complexity index is 814. The van der Waals surface area contributed by atoms with Crippen LogP contribution in [0.1, 0.15) is 61.3 Å². The Labute approximate surface area is 163 Å². The summed E-state index contributed by atoms with van der Waals surface area (Å²) >= 11 is 0. The van der Waals surface area contributed by atoms with Crippen molar-refractivity contribution >= 4 is 0 Å². The Morgan fingerprint density at radius 3 is 2.52 bits per heavy atom. The van der Waals surface area contributed by atoms with Crippen LogP contribution in [0.15, 0.2) is 18.2 Å². The molecular weight excluding hydrogens is 334 g/mol. The Kier molecular flexibility index (Phi) is 4.85. The van der Waals surface area contributed by atoms with Crippen molar-refractivity contribution in [3.63, 3.8) is 0 Å². The fourth-order valence-electron chi connectivity index (χ4n) is 5.09. The molecule has 0 aromatic carbocycles. The van der Waals surface area contributed by atoms with Gasteiger partial charge in [0.25, 0.3) is 0 Å². The summed E-state index contributed by atoms with van der Waals surface area (Å²) in [5.41, 5.74) is 5.28. The molecule has 1 saturated heterocycles. The van der Waals surface area contributed by atoms with Gasteiger partial charge in [0.15, 0.2) is 0 Å². The molecule has 2 aliphatic rings. The van der Waals surface area contributed by atoms with E-state index in [1.54, 1.807) is 0 Å². The highest BCUT2D eigenvalue weighted by atomic mass is 15.2. The van der Waals surface area contributed by atoms with Gasteiger partial charge in [-0.3, -0.25) is 9.88 Å². The van der Waals surface area contributed by atoms with Crippen molar-refractivity contribution in [2.24, 2.45) is 0 Å². The van der Waals surface area contributed by atoms with Crippen molar-refractivity contribution in [1.29, 1.82) is 0 Å². The number of rotatable bonds is 3. The number of hydrogen-bond donors (Lipinski definition) is 0. The van der Waals surface area contributed by atoms with Crippen molar-refractivity contribution < 1.29 is 0 Å². The van der Waals surface area contributed by atoms with Gasteiger partial charge in [-0.1, -0.05) is 6.07 Å². The number of nitrogens with zero attached hydrogens (tertiary/aromatic N) is 5. The third-order valence-corrected chi connectivity index (χ3v) is 6.38. The number of aromatic nitrogens is 3. The molecule has 0 unspecified atom stereocenters. The van der Waals surface area contributed by atoms with E-state index in [1.807, 2.05) is 0 Å². The van der Waals surface area contributed by atoms with E-state index in [4.69, 9.17) is 9.97 Å². The minimum absolute atomic E-state index is 0.189. The normalized spacial score (nSPS) is 20.4. The van der Waals surface area contributed by atoms with Crippen molar-refractivity contribution in [2.75, 3.05) is 26.7 Å². The second kappa shape index (κ2) is 7.02. The van der Waals surface area contributed by atoms with Gasteiger partial charge in [0.1, 0.15) is 5.82 Å². The molecule has 5 heteroatoms. The maximum absolute atomic E-state index is 5.13. The van der Waals surface area contributed by atoms with E-state index in [0.717, 1.165) is 38.4 Å². The number of hydrogen-bond acceptors (Lipinski definition) is 4. The Morgan fingerprint density at radius 1 is 1.11 bits per heavy atom. The second-order valence-electron chi connectivity index (χ2n) is 8.92. The molecule has 0 N–H and O–H groups in total. The van der Waals surface area contributed by atoms with Gasteiger partial charge >= 0.3 is 0 Å². The molecule has 1 fully saturated rings. The molecular formula is C22H33N5. The van der Waals surface area contributed by atoms with Gasteiger partial charge in [0, 0.05) is 36.8 Å². The number of aryl methyl sites for hydroxylation is 2. The van der Waals surface area contributed by atoms with Gasteiger partial charge in [0.05, 0.1) is 17.1 Å². The molecule has 5 nitrogen and oxygen atoms in total. The summed E-state index contributed by atoms with van der Waals surface area (Å²) in [4.78, 5) is 15.0.